The predicted molar refractivity (Wildman–Crippen MR) is 105 cm³/mol. The third-order valence-electron chi connectivity index (χ3n) is 4.31. The molecule has 0 saturated carbocycles. The smallest absolute Gasteiger partial charge is 0.274 e. The fraction of sp³-hybridized carbons (Fsp3) is 0.0435. The van der Waals surface area contributed by atoms with Crippen molar-refractivity contribution in [2.24, 2.45) is 0 Å². The zero-order chi connectivity index (χ0) is 17.8. The van der Waals surface area contributed by atoms with E-state index in [-0.39, 0.29) is 5.56 Å². The van der Waals surface area contributed by atoms with Crippen LogP contribution in [0.15, 0.2) is 95.8 Å². The Morgan fingerprint density at radius 3 is 1.73 bits per heavy atom. The van der Waals surface area contributed by atoms with E-state index in [4.69, 9.17) is 4.98 Å². The Morgan fingerprint density at radius 2 is 1.15 bits per heavy atom. The molecule has 1 heterocycles. The largest absolute Gasteiger partial charge is 0.322 e. The summed E-state index contributed by atoms with van der Waals surface area (Å²) in [5, 5.41) is 0. The molecule has 4 rings (SSSR count). The van der Waals surface area contributed by atoms with Crippen molar-refractivity contribution in [2.75, 3.05) is 0 Å². The van der Waals surface area contributed by atoms with Crippen LogP contribution >= 0.6 is 0 Å². The van der Waals surface area contributed by atoms with Crippen LogP contribution in [0.3, 0.4) is 0 Å². The van der Waals surface area contributed by atoms with Gasteiger partial charge in [-0.25, -0.2) is 4.98 Å². The third-order valence-corrected chi connectivity index (χ3v) is 4.31. The fourth-order valence-electron chi connectivity index (χ4n) is 3.04. The van der Waals surface area contributed by atoms with Crippen molar-refractivity contribution in [1.29, 1.82) is 0 Å². The van der Waals surface area contributed by atoms with E-state index in [2.05, 4.69) is 17.1 Å². The lowest BCUT2D eigenvalue weighted by Gasteiger charge is -2.11. The van der Waals surface area contributed by atoms with Gasteiger partial charge in [-0.1, -0.05) is 91.0 Å². The van der Waals surface area contributed by atoms with E-state index in [9.17, 15) is 4.79 Å². The SMILES string of the molecule is O=c1[nH]c(Cc2ccccc2)c(-c2ccccc2)nc1-c1ccccc1. The molecule has 0 bridgehead atoms. The number of aromatic amines is 1. The van der Waals surface area contributed by atoms with Gasteiger partial charge < -0.3 is 4.98 Å². The number of nitrogens with one attached hydrogen (secondary N) is 1. The molecule has 0 radical (unpaired) electrons. The predicted octanol–water partition coefficient (Wildman–Crippen LogP) is 4.69. The van der Waals surface area contributed by atoms with Crippen LogP contribution in [0, 0.1) is 0 Å². The summed E-state index contributed by atoms with van der Waals surface area (Å²) in [5.41, 5.74) is 4.86. The maximum atomic E-state index is 12.7. The Hall–Kier alpha value is -3.46. The Labute approximate surface area is 152 Å². The minimum Gasteiger partial charge on any atom is -0.322 e. The minimum atomic E-state index is -0.165. The Balaban J connectivity index is 1.88. The second-order valence-electron chi connectivity index (χ2n) is 6.14. The molecule has 0 unspecified atom stereocenters. The Morgan fingerprint density at radius 1 is 0.654 bits per heavy atom. The van der Waals surface area contributed by atoms with Gasteiger partial charge in [0.05, 0.1) is 5.69 Å². The van der Waals surface area contributed by atoms with Crippen LogP contribution < -0.4 is 5.56 Å². The van der Waals surface area contributed by atoms with Crippen molar-refractivity contribution in [2.45, 2.75) is 6.42 Å². The molecule has 0 atom stereocenters. The molecule has 0 spiro atoms. The molecule has 0 amide bonds. The summed E-state index contributed by atoms with van der Waals surface area (Å²) in [5.74, 6) is 0. The molecule has 0 aliphatic heterocycles. The molecule has 26 heavy (non-hydrogen) atoms. The van der Waals surface area contributed by atoms with E-state index in [1.165, 1.54) is 0 Å². The van der Waals surface area contributed by atoms with E-state index in [1.807, 2.05) is 78.9 Å². The first-order valence-corrected chi connectivity index (χ1v) is 8.59. The Kier molecular flexibility index (Phi) is 4.44. The van der Waals surface area contributed by atoms with E-state index in [0.717, 1.165) is 28.1 Å². The second-order valence-corrected chi connectivity index (χ2v) is 6.14. The number of benzene rings is 3. The van der Waals surface area contributed by atoms with Gasteiger partial charge in [-0.2, -0.15) is 0 Å². The van der Waals surface area contributed by atoms with Crippen LogP contribution in [0.2, 0.25) is 0 Å². The van der Waals surface area contributed by atoms with E-state index < -0.39 is 0 Å². The quantitative estimate of drug-likeness (QED) is 0.586. The third kappa shape index (κ3) is 3.33. The lowest BCUT2D eigenvalue weighted by atomic mass is 10.0. The molecule has 3 heteroatoms. The normalized spacial score (nSPS) is 10.6. The van der Waals surface area contributed by atoms with Crippen LogP contribution in [0.25, 0.3) is 22.5 Å². The summed E-state index contributed by atoms with van der Waals surface area (Å²) in [4.78, 5) is 20.5. The molecule has 0 aliphatic carbocycles. The molecular weight excluding hydrogens is 320 g/mol. The maximum Gasteiger partial charge on any atom is 0.274 e. The van der Waals surface area contributed by atoms with Gasteiger partial charge in [0.1, 0.15) is 5.69 Å². The molecule has 1 N–H and O–H groups in total. The topological polar surface area (TPSA) is 45.8 Å². The second kappa shape index (κ2) is 7.19. The van der Waals surface area contributed by atoms with Crippen LogP contribution in [-0.2, 0) is 6.42 Å². The van der Waals surface area contributed by atoms with Crippen molar-refractivity contribution < 1.29 is 0 Å². The zero-order valence-electron chi connectivity index (χ0n) is 14.2. The van der Waals surface area contributed by atoms with Crippen molar-refractivity contribution in [3.63, 3.8) is 0 Å². The van der Waals surface area contributed by atoms with Gasteiger partial charge in [-0.3, -0.25) is 4.79 Å². The lowest BCUT2D eigenvalue weighted by Crippen LogP contribution is -2.16. The monoisotopic (exact) mass is 338 g/mol. The number of hydrogen-bond donors (Lipinski definition) is 1. The van der Waals surface area contributed by atoms with E-state index in [1.54, 1.807) is 0 Å². The zero-order valence-corrected chi connectivity index (χ0v) is 14.2. The number of rotatable bonds is 4. The summed E-state index contributed by atoms with van der Waals surface area (Å²) < 4.78 is 0. The average molecular weight is 338 g/mol. The standard InChI is InChI=1S/C23H18N2O/c26-23-22(19-14-8-3-9-15-19)25-21(18-12-6-2-7-13-18)20(24-23)16-17-10-4-1-5-11-17/h1-15H,16H2,(H,24,26). The highest BCUT2D eigenvalue weighted by Gasteiger charge is 2.14. The van der Waals surface area contributed by atoms with E-state index in [0.29, 0.717) is 12.1 Å². The molecule has 4 aromatic rings. The van der Waals surface area contributed by atoms with Crippen LogP contribution in [0.5, 0.6) is 0 Å². The summed E-state index contributed by atoms with van der Waals surface area (Å²) in [7, 11) is 0. The summed E-state index contributed by atoms with van der Waals surface area (Å²) >= 11 is 0. The summed E-state index contributed by atoms with van der Waals surface area (Å²) in [6.45, 7) is 0. The van der Waals surface area contributed by atoms with Crippen LogP contribution in [0.1, 0.15) is 11.3 Å². The molecule has 0 saturated heterocycles. The van der Waals surface area contributed by atoms with Gasteiger partial charge in [-0.15, -0.1) is 0 Å². The molecule has 1 aromatic heterocycles. The number of hydrogen-bond acceptors (Lipinski definition) is 2. The van der Waals surface area contributed by atoms with Gasteiger partial charge in [0.25, 0.3) is 5.56 Å². The van der Waals surface area contributed by atoms with Crippen molar-refractivity contribution >= 4 is 0 Å². The lowest BCUT2D eigenvalue weighted by molar-refractivity contribution is 1.01. The average Bonchev–Trinajstić information content (AvgIpc) is 2.70. The number of nitrogens with zero attached hydrogens (tertiary/aromatic N) is 1. The maximum absolute atomic E-state index is 12.7. The van der Waals surface area contributed by atoms with Crippen LogP contribution in [-0.4, -0.2) is 9.97 Å². The summed E-state index contributed by atoms with van der Waals surface area (Å²) in [6, 6.07) is 29.6. The first kappa shape index (κ1) is 16.0. The van der Waals surface area contributed by atoms with Crippen molar-refractivity contribution in [3.05, 3.63) is 113 Å². The molecule has 0 fully saturated rings. The highest BCUT2D eigenvalue weighted by Crippen LogP contribution is 2.24. The molecule has 3 nitrogen and oxygen atoms in total. The number of aromatic nitrogens is 2. The van der Waals surface area contributed by atoms with Crippen LogP contribution in [0.4, 0.5) is 0 Å². The molecular formula is C23H18N2O. The molecule has 0 aliphatic rings. The molecule has 126 valence electrons. The minimum absolute atomic E-state index is 0.165. The van der Waals surface area contributed by atoms with Gasteiger partial charge in [0.15, 0.2) is 0 Å². The van der Waals surface area contributed by atoms with Gasteiger partial charge in [0.2, 0.25) is 0 Å². The fourth-order valence-corrected chi connectivity index (χ4v) is 3.04. The van der Waals surface area contributed by atoms with Crippen molar-refractivity contribution in [3.8, 4) is 22.5 Å². The van der Waals surface area contributed by atoms with Gasteiger partial charge in [0, 0.05) is 23.2 Å². The molecule has 3 aromatic carbocycles. The number of H-pyrrole nitrogens is 1. The first-order chi connectivity index (χ1) is 12.8. The van der Waals surface area contributed by atoms with Gasteiger partial charge in [-0.05, 0) is 5.56 Å². The van der Waals surface area contributed by atoms with Gasteiger partial charge >= 0.3 is 0 Å². The highest BCUT2D eigenvalue weighted by molar-refractivity contribution is 5.67. The van der Waals surface area contributed by atoms with Crippen molar-refractivity contribution in [1.82, 2.24) is 9.97 Å². The van der Waals surface area contributed by atoms with E-state index >= 15 is 0 Å². The highest BCUT2D eigenvalue weighted by atomic mass is 16.1. The Bertz CT molecular complexity index is 1060. The first-order valence-electron chi connectivity index (χ1n) is 8.59. The summed E-state index contributed by atoms with van der Waals surface area (Å²) in [6.07, 6.45) is 0.627.